The summed E-state index contributed by atoms with van der Waals surface area (Å²) in [7, 11) is 0. The van der Waals surface area contributed by atoms with Gasteiger partial charge in [-0.2, -0.15) is 0 Å². The first-order valence-electron chi connectivity index (χ1n) is 10.1. The van der Waals surface area contributed by atoms with Crippen molar-refractivity contribution < 1.29 is 9.53 Å². The number of rotatable bonds is 8. The van der Waals surface area contributed by atoms with Crippen molar-refractivity contribution in [2.75, 3.05) is 13.1 Å². The number of carbonyl (C=O) groups is 1. The molecule has 1 N–H and O–H groups in total. The van der Waals surface area contributed by atoms with E-state index in [1.54, 1.807) is 24.3 Å². The number of hydrogen-bond acceptors (Lipinski definition) is 3. The van der Waals surface area contributed by atoms with Crippen LogP contribution in [0.25, 0.3) is 0 Å². The molecule has 3 rings (SSSR count). The molecule has 1 saturated heterocycles. The van der Waals surface area contributed by atoms with Gasteiger partial charge in [0.15, 0.2) is 6.10 Å². The lowest BCUT2D eigenvalue weighted by Crippen LogP contribution is -2.37. The molecule has 150 valence electrons. The molecule has 0 radical (unpaired) electrons. The number of carbonyl (C=O) groups excluding carboxylic acids is 1. The number of likely N-dealkylation sites (tertiary alicyclic amines) is 1. The number of piperidine rings is 1. The summed E-state index contributed by atoms with van der Waals surface area (Å²) in [5, 5.41) is 3.63. The first-order chi connectivity index (χ1) is 13.6. The number of halogens is 1. The Morgan fingerprint density at radius 2 is 1.68 bits per heavy atom. The van der Waals surface area contributed by atoms with E-state index in [0.29, 0.717) is 23.7 Å². The number of nitrogens with one attached hydrogen (secondary N) is 1. The highest BCUT2D eigenvalue weighted by molar-refractivity contribution is 6.30. The monoisotopic (exact) mass is 400 g/mol. The van der Waals surface area contributed by atoms with Gasteiger partial charge in [0.2, 0.25) is 0 Å². The Labute approximate surface area is 172 Å². The van der Waals surface area contributed by atoms with Crippen molar-refractivity contribution in [3.05, 3.63) is 64.7 Å². The quantitative estimate of drug-likeness (QED) is 0.692. The third-order valence-corrected chi connectivity index (χ3v) is 5.35. The zero-order valence-electron chi connectivity index (χ0n) is 16.5. The lowest BCUT2D eigenvalue weighted by atomic mass is 10.1. The SMILES string of the molecule is CCC(Oc1ccc(Cl)cc1)C(=O)NCc1ccc(CN2CCCCC2)cc1. The van der Waals surface area contributed by atoms with E-state index in [9.17, 15) is 4.79 Å². The van der Waals surface area contributed by atoms with E-state index in [-0.39, 0.29) is 5.91 Å². The van der Waals surface area contributed by atoms with Gasteiger partial charge in [0.05, 0.1) is 0 Å². The van der Waals surface area contributed by atoms with Crippen LogP contribution in [0.1, 0.15) is 43.7 Å². The summed E-state index contributed by atoms with van der Waals surface area (Å²) in [4.78, 5) is 15.0. The molecule has 1 heterocycles. The summed E-state index contributed by atoms with van der Waals surface area (Å²) in [6.07, 6.45) is 4.06. The minimum atomic E-state index is -0.514. The maximum Gasteiger partial charge on any atom is 0.261 e. The van der Waals surface area contributed by atoms with Gasteiger partial charge in [-0.3, -0.25) is 9.69 Å². The second kappa shape index (κ2) is 10.5. The first kappa shape index (κ1) is 20.7. The number of benzene rings is 2. The molecule has 2 aromatic rings. The number of ether oxygens (including phenoxy) is 1. The Morgan fingerprint density at radius 3 is 2.32 bits per heavy atom. The van der Waals surface area contributed by atoms with Crippen molar-refractivity contribution in [3.63, 3.8) is 0 Å². The van der Waals surface area contributed by atoms with E-state index in [1.165, 1.54) is 37.9 Å². The van der Waals surface area contributed by atoms with E-state index in [2.05, 4.69) is 34.5 Å². The Hall–Kier alpha value is -2.04. The van der Waals surface area contributed by atoms with Crippen LogP contribution in [0.3, 0.4) is 0 Å². The molecule has 1 amide bonds. The van der Waals surface area contributed by atoms with Crippen LogP contribution in [0.2, 0.25) is 5.02 Å². The van der Waals surface area contributed by atoms with Gasteiger partial charge in [-0.15, -0.1) is 0 Å². The summed E-state index contributed by atoms with van der Waals surface area (Å²) in [6.45, 7) is 5.85. The van der Waals surface area contributed by atoms with Crippen LogP contribution in [-0.4, -0.2) is 30.0 Å². The molecule has 1 aliphatic heterocycles. The fraction of sp³-hybridized carbons (Fsp3) is 0.435. The lowest BCUT2D eigenvalue weighted by molar-refractivity contribution is -0.128. The van der Waals surface area contributed by atoms with Gasteiger partial charge in [0, 0.05) is 18.1 Å². The Bertz CT molecular complexity index is 740. The van der Waals surface area contributed by atoms with Gasteiger partial charge in [-0.05, 0) is 67.7 Å². The molecule has 0 spiro atoms. The van der Waals surface area contributed by atoms with Crippen LogP contribution in [-0.2, 0) is 17.9 Å². The second-order valence-electron chi connectivity index (χ2n) is 7.34. The first-order valence-corrected chi connectivity index (χ1v) is 10.5. The van der Waals surface area contributed by atoms with Gasteiger partial charge >= 0.3 is 0 Å². The van der Waals surface area contributed by atoms with Crippen molar-refractivity contribution in [2.45, 2.75) is 51.8 Å². The predicted octanol–water partition coefficient (Wildman–Crippen LogP) is 4.80. The summed E-state index contributed by atoms with van der Waals surface area (Å²) in [5.74, 6) is 0.545. The fourth-order valence-corrected chi connectivity index (χ4v) is 3.57. The van der Waals surface area contributed by atoms with Crippen LogP contribution in [0.4, 0.5) is 0 Å². The minimum absolute atomic E-state index is 0.102. The highest BCUT2D eigenvalue weighted by atomic mass is 35.5. The predicted molar refractivity (Wildman–Crippen MR) is 114 cm³/mol. The molecule has 1 atom stereocenters. The summed E-state index contributed by atoms with van der Waals surface area (Å²) < 4.78 is 5.80. The maximum atomic E-state index is 12.5. The molecule has 28 heavy (non-hydrogen) atoms. The maximum absolute atomic E-state index is 12.5. The van der Waals surface area contributed by atoms with E-state index >= 15 is 0 Å². The number of nitrogens with zero attached hydrogens (tertiary/aromatic N) is 1. The highest BCUT2D eigenvalue weighted by Gasteiger charge is 2.18. The lowest BCUT2D eigenvalue weighted by Gasteiger charge is -2.26. The summed E-state index contributed by atoms with van der Waals surface area (Å²) in [5.41, 5.74) is 2.42. The number of hydrogen-bond donors (Lipinski definition) is 1. The molecule has 2 aromatic carbocycles. The van der Waals surface area contributed by atoms with Gasteiger partial charge in [0.1, 0.15) is 5.75 Å². The molecule has 5 heteroatoms. The van der Waals surface area contributed by atoms with Crippen molar-refractivity contribution in [2.24, 2.45) is 0 Å². The Morgan fingerprint density at radius 1 is 1.04 bits per heavy atom. The van der Waals surface area contributed by atoms with E-state index < -0.39 is 6.10 Å². The van der Waals surface area contributed by atoms with Crippen LogP contribution in [0, 0.1) is 0 Å². The molecule has 0 aromatic heterocycles. The third kappa shape index (κ3) is 6.25. The largest absolute Gasteiger partial charge is 0.481 e. The van der Waals surface area contributed by atoms with Crippen molar-refractivity contribution in [1.29, 1.82) is 0 Å². The third-order valence-electron chi connectivity index (χ3n) is 5.10. The molecule has 1 aliphatic rings. The highest BCUT2D eigenvalue weighted by Crippen LogP contribution is 2.18. The topological polar surface area (TPSA) is 41.6 Å². The van der Waals surface area contributed by atoms with Gasteiger partial charge in [0.25, 0.3) is 5.91 Å². The smallest absolute Gasteiger partial charge is 0.261 e. The molecule has 4 nitrogen and oxygen atoms in total. The average molecular weight is 401 g/mol. The molecule has 0 saturated carbocycles. The zero-order chi connectivity index (χ0) is 19.8. The molecule has 0 aliphatic carbocycles. The van der Waals surface area contributed by atoms with Crippen molar-refractivity contribution >= 4 is 17.5 Å². The van der Waals surface area contributed by atoms with E-state index in [0.717, 1.165) is 12.1 Å². The normalized spacial score (nSPS) is 15.8. The summed E-state index contributed by atoms with van der Waals surface area (Å²) >= 11 is 5.89. The van der Waals surface area contributed by atoms with E-state index in [1.807, 2.05) is 6.92 Å². The van der Waals surface area contributed by atoms with Crippen molar-refractivity contribution in [3.8, 4) is 5.75 Å². The van der Waals surface area contributed by atoms with Gasteiger partial charge in [-0.1, -0.05) is 49.2 Å². The van der Waals surface area contributed by atoms with Crippen LogP contribution < -0.4 is 10.1 Å². The molecular formula is C23H29ClN2O2. The molecule has 0 bridgehead atoms. The standard InChI is InChI=1S/C23H29ClN2O2/c1-2-22(28-21-12-10-20(24)11-13-21)23(27)25-16-18-6-8-19(9-7-18)17-26-14-4-3-5-15-26/h6-13,22H,2-5,14-17H2,1H3,(H,25,27). The summed E-state index contributed by atoms with van der Waals surface area (Å²) in [6, 6.07) is 15.6. The minimum Gasteiger partial charge on any atom is -0.481 e. The zero-order valence-corrected chi connectivity index (χ0v) is 17.3. The molecule has 1 unspecified atom stereocenters. The molecular weight excluding hydrogens is 372 g/mol. The van der Waals surface area contributed by atoms with Crippen molar-refractivity contribution in [1.82, 2.24) is 10.2 Å². The fourth-order valence-electron chi connectivity index (χ4n) is 3.44. The average Bonchev–Trinajstić information content (AvgIpc) is 2.73. The Kier molecular flexibility index (Phi) is 7.75. The second-order valence-corrected chi connectivity index (χ2v) is 7.78. The number of amides is 1. The van der Waals surface area contributed by atoms with Crippen LogP contribution in [0.5, 0.6) is 5.75 Å². The van der Waals surface area contributed by atoms with Gasteiger partial charge < -0.3 is 10.1 Å². The molecule has 1 fully saturated rings. The van der Waals surface area contributed by atoms with Gasteiger partial charge in [-0.25, -0.2) is 0 Å². The van der Waals surface area contributed by atoms with Crippen LogP contribution in [0.15, 0.2) is 48.5 Å². The van der Waals surface area contributed by atoms with Crippen LogP contribution >= 0.6 is 11.6 Å². The van der Waals surface area contributed by atoms with E-state index in [4.69, 9.17) is 16.3 Å². The Balaban J connectivity index is 1.47.